The van der Waals surface area contributed by atoms with Crippen LogP contribution in [-0.2, 0) is 4.79 Å². The van der Waals surface area contributed by atoms with Gasteiger partial charge in [-0.3, -0.25) is 10.2 Å². The summed E-state index contributed by atoms with van der Waals surface area (Å²) in [4.78, 5) is 16.1. The first kappa shape index (κ1) is 20.1. The minimum atomic E-state index is -4.70. The van der Waals surface area contributed by atoms with Crippen molar-refractivity contribution in [1.29, 1.82) is 5.41 Å². The van der Waals surface area contributed by atoms with E-state index >= 15 is 0 Å². The molecule has 1 amide bonds. The summed E-state index contributed by atoms with van der Waals surface area (Å²) in [5.41, 5.74) is 2.61. The van der Waals surface area contributed by atoms with Crippen molar-refractivity contribution in [1.82, 2.24) is 9.58 Å². The van der Waals surface area contributed by atoms with Crippen LogP contribution in [0.25, 0.3) is 11.8 Å². The number of fused-ring (bicyclic) bond motifs is 1. The molecule has 1 N–H and O–H groups in total. The Hall–Kier alpha value is -3.21. The number of hydrogen-bond donors (Lipinski definition) is 1. The third-order valence-corrected chi connectivity index (χ3v) is 5.51. The maximum atomic E-state index is 13.2. The van der Waals surface area contributed by atoms with E-state index in [1.807, 2.05) is 11.5 Å². The number of rotatable bonds is 2. The maximum absolute atomic E-state index is 13.2. The third kappa shape index (κ3) is 3.34. The Balaban J connectivity index is 1.74. The van der Waals surface area contributed by atoms with Gasteiger partial charge in [-0.05, 0) is 67.6 Å². The predicted molar refractivity (Wildman–Crippen MR) is 106 cm³/mol. The van der Waals surface area contributed by atoms with E-state index in [1.54, 1.807) is 25.1 Å². The lowest BCUT2D eigenvalue weighted by Gasteiger charge is -2.20. The molecular weight excluding hydrogens is 422 g/mol. The Labute approximate surface area is 172 Å². The fourth-order valence-corrected chi connectivity index (χ4v) is 3.94. The summed E-state index contributed by atoms with van der Waals surface area (Å²) in [7, 11) is 0. The molecule has 0 radical (unpaired) electrons. The molecule has 1 aromatic heterocycles. The van der Waals surface area contributed by atoms with Gasteiger partial charge in [0, 0.05) is 17.1 Å². The first-order valence-corrected chi connectivity index (χ1v) is 9.40. The van der Waals surface area contributed by atoms with Crippen LogP contribution in [0.5, 0.6) is 0 Å². The number of alkyl halides is 3. The number of amidine groups is 2. The number of hydrogen-bond acceptors (Lipinski definition) is 4. The zero-order valence-corrected chi connectivity index (χ0v) is 16.4. The molecule has 0 bridgehead atoms. The highest BCUT2D eigenvalue weighted by molar-refractivity contribution is 8.27. The summed E-state index contributed by atoms with van der Waals surface area (Å²) < 4.78 is 53.8. The minimum Gasteiger partial charge on any atom is -0.318 e. The highest BCUT2D eigenvalue weighted by atomic mass is 32.2. The number of amides is 1. The molecule has 4 rings (SSSR count). The second-order valence-corrected chi connectivity index (χ2v) is 7.52. The third-order valence-electron chi connectivity index (χ3n) is 4.55. The van der Waals surface area contributed by atoms with Crippen molar-refractivity contribution in [2.75, 3.05) is 0 Å². The molecule has 0 atom stereocenters. The van der Waals surface area contributed by atoms with Crippen molar-refractivity contribution < 1.29 is 22.4 Å². The SMILES string of the molecule is Cc1cc(/C=C2\C(=N)N3N=C(C(F)(F)F)SC3=NC2=O)c(C)n1-c1ccc(F)cc1. The normalized spacial score (nSPS) is 18.1. The Morgan fingerprint density at radius 2 is 1.83 bits per heavy atom. The number of thioether (sulfide) groups is 1. The summed E-state index contributed by atoms with van der Waals surface area (Å²) >= 11 is 0.203. The van der Waals surface area contributed by atoms with Gasteiger partial charge in [0.25, 0.3) is 5.91 Å². The highest BCUT2D eigenvalue weighted by Crippen LogP contribution is 2.35. The number of benzene rings is 1. The molecule has 0 aliphatic carbocycles. The summed E-state index contributed by atoms with van der Waals surface area (Å²) in [6.45, 7) is 3.60. The van der Waals surface area contributed by atoms with Crippen LogP contribution in [0.2, 0.25) is 0 Å². The molecule has 2 aliphatic heterocycles. The summed E-state index contributed by atoms with van der Waals surface area (Å²) in [6.07, 6.45) is -3.29. The van der Waals surface area contributed by atoms with Gasteiger partial charge >= 0.3 is 6.18 Å². The molecule has 0 saturated heterocycles. The molecule has 3 heterocycles. The minimum absolute atomic E-state index is 0.175. The number of halogens is 4. The molecule has 2 aliphatic rings. The van der Waals surface area contributed by atoms with Crippen LogP contribution < -0.4 is 0 Å². The van der Waals surface area contributed by atoms with E-state index in [1.165, 1.54) is 18.2 Å². The standard InChI is InChI=1S/C19H13F4N5OS/c1-9-7-11(10(2)27(9)13-5-3-12(20)4-6-13)8-14-15(24)28-18(25-16(14)29)30-17(26-28)19(21,22)23/h3-8,24H,1-2H3/b14-8+,24-15?. The van der Waals surface area contributed by atoms with Crippen LogP contribution >= 0.6 is 11.8 Å². The molecule has 0 unspecified atom stereocenters. The van der Waals surface area contributed by atoms with E-state index in [9.17, 15) is 22.4 Å². The van der Waals surface area contributed by atoms with Gasteiger partial charge in [-0.15, -0.1) is 0 Å². The van der Waals surface area contributed by atoms with Gasteiger partial charge in [-0.2, -0.15) is 28.3 Å². The van der Waals surface area contributed by atoms with Gasteiger partial charge in [-0.25, -0.2) is 4.39 Å². The fourth-order valence-electron chi connectivity index (χ4n) is 3.18. The van der Waals surface area contributed by atoms with Crippen LogP contribution in [0.4, 0.5) is 17.6 Å². The van der Waals surface area contributed by atoms with Gasteiger partial charge in [-0.1, -0.05) is 0 Å². The monoisotopic (exact) mass is 435 g/mol. The van der Waals surface area contributed by atoms with E-state index in [2.05, 4.69) is 10.1 Å². The summed E-state index contributed by atoms with van der Waals surface area (Å²) in [5, 5.41) is 10.8. The Bertz CT molecular complexity index is 1170. The predicted octanol–water partition coefficient (Wildman–Crippen LogP) is 4.41. The van der Waals surface area contributed by atoms with Gasteiger partial charge in [0.2, 0.25) is 10.2 Å². The van der Waals surface area contributed by atoms with Crippen LogP contribution in [0.15, 0.2) is 46.0 Å². The van der Waals surface area contributed by atoms with E-state index in [0.29, 0.717) is 22.0 Å². The number of carbonyl (C=O) groups excluding carboxylic acids is 1. The molecule has 0 spiro atoms. The van der Waals surface area contributed by atoms with Crippen LogP contribution in [0.1, 0.15) is 17.0 Å². The highest BCUT2D eigenvalue weighted by Gasteiger charge is 2.46. The molecule has 6 nitrogen and oxygen atoms in total. The van der Waals surface area contributed by atoms with Gasteiger partial charge in [0.15, 0.2) is 5.84 Å². The average molecular weight is 435 g/mol. The quantitative estimate of drug-likeness (QED) is 0.561. The van der Waals surface area contributed by atoms with E-state index in [0.717, 1.165) is 5.69 Å². The smallest absolute Gasteiger partial charge is 0.318 e. The number of aryl methyl sites for hydroxylation is 1. The Kier molecular flexibility index (Phi) is 4.64. The summed E-state index contributed by atoms with van der Waals surface area (Å²) in [6, 6.07) is 7.61. The molecular formula is C19H13F4N5OS. The zero-order valence-electron chi connectivity index (χ0n) is 15.6. The molecule has 1 aromatic carbocycles. The van der Waals surface area contributed by atoms with Crippen molar-refractivity contribution in [3.8, 4) is 5.69 Å². The second kappa shape index (κ2) is 6.94. The maximum Gasteiger partial charge on any atom is 0.441 e. The first-order chi connectivity index (χ1) is 14.1. The Morgan fingerprint density at radius 1 is 1.17 bits per heavy atom. The lowest BCUT2D eigenvalue weighted by molar-refractivity contribution is -0.114. The topological polar surface area (TPSA) is 73.8 Å². The van der Waals surface area contributed by atoms with Crippen molar-refractivity contribution in [3.05, 3.63) is 58.7 Å². The Morgan fingerprint density at radius 3 is 2.47 bits per heavy atom. The lowest BCUT2D eigenvalue weighted by atomic mass is 10.1. The molecule has 30 heavy (non-hydrogen) atoms. The number of aromatic nitrogens is 1. The van der Waals surface area contributed by atoms with Crippen molar-refractivity contribution in [2.45, 2.75) is 20.0 Å². The van der Waals surface area contributed by atoms with Crippen molar-refractivity contribution in [3.63, 3.8) is 0 Å². The molecule has 11 heteroatoms. The molecule has 154 valence electrons. The van der Waals surface area contributed by atoms with Crippen LogP contribution in [0.3, 0.4) is 0 Å². The van der Waals surface area contributed by atoms with E-state index in [4.69, 9.17) is 5.41 Å². The largest absolute Gasteiger partial charge is 0.441 e. The van der Waals surface area contributed by atoms with E-state index in [-0.39, 0.29) is 28.3 Å². The number of aliphatic imine (C=N–C) groups is 1. The van der Waals surface area contributed by atoms with Crippen LogP contribution in [0, 0.1) is 25.1 Å². The first-order valence-electron chi connectivity index (χ1n) is 8.58. The fraction of sp³-hybridized carbons (Fsp3) is 0.158. The van der Waals surface area contributed by atoms with Gasteiger partial charge in [0.05, 0.1) is 5.57 Å². The van der Waals surface area contributed by atoms with Crippen LogP contribution in [-0.4, -0.2) is 37.7 Å². The molecule has 0 fully saturated rings. The van der Waals surface area contributed by atoms with E-state index < -0.39 is 23.0 Å². The van der Waals surface area contributed by atoms with Crippen molar-refractivity contribution >= 4 is 39.8 Å². The number of carbonyl (C=O) groups is 1. The molecule has 2 aromatic rings. The lowest BCUT2D eigenvalue weighted by Crippen LogP contribution is -2.35. The zero-order chi connectivity index (χ0) is 21.8. The van der Waals surface area contributed by atoms with Crippen molar-refractivity contribution in [2.24, 2.45) is 10.1 Å². The molecule has 0 saturated carbocycles. The number of nitrogens with one attached hydrogen (secondary N) is 1. The summed E-state index contributed by atoms with van der Waals surface area (Å²) in [5.74, 6) is -1.67. The average Bonchev–Trinajstić information content (AvgIpc) is 3.21. The number of nitrogens with zero attached hydrogens (tertiary/aromatic N) is 4. The van der Waals surface area contributed by atoms with Gasteiger partial charge < -0.3 is 4.57 Å². The number of hydrazone groups is 1. The second-order valence-electron chi connectivity index (χ2n) is 6.56. The van der Waals surface area contributed by atoms with Gasteiger partial charge in [0.1, 0.15) is 5.82 Å².